The summed E-state index contributed by atoms with van der Waals surface area (Å²) < 4.78 is 0. The van der Waals surface area contributed by atoms with E-state index in [1.54, 1.807) is 20.9 Å². The van der Waals surface area contributed by atoms with Crippen LogP contribution >= 0.6 is 0 Å². The highest BCUT2D eigenvalue weighted by atomic mass is 16.3. The second kappa shape index (κ2) is 8.37. The van der Waals surface area contributed by atoms with Crippen molar-refractivity contribution in [2.75, 3.05) is 7.05 Å². The average Bonchev–Trinajstić information content (AvgIpc) is 2.44. The maximum atomic E-state index is 12.3. The summed E-state index contributed by atoms with van der Waals surface area (Å²) in [6, 6.07) is -0.0893. The van der Waals surface area contributed by atoms with Gasteiger partial charge in [0.25, 0.3) is 0 Å². The predicted molar refractivity (Wildman–Crippen MR) is 78.3 cm³/mol. The molecule has 20 heavy (non-hydrogen) atoms. The van der Waals surface area contributed by atoms with Crippen LogP contribution in [0.3, 0.4) is 0 Å². The molecule has 0 aromatic rings. The fourth-order valence-electron chi connectivity index (χ4n) is 3.02. The number of hydrogen-bond acceptors (Lipinski definition) is 4. The monoisotopic (exact) mass is 284 g/mol. The van der Waals surface area contributed by atoms with Gasteiger partial charge in [0, 0.05) is 12.1 Å². The molecule has 0 bridgehead atoms. The molecule has 0 radical (unpaired) electrons. The van der Waals surface area contributed by atoms with Crippen molar-refractivity contribution in [3.63, 3.8) is 0 Å². The van der Waals surface area contributed by atoms with Gasteiger partial charge < -0.3 is 20.5 Å². The summed E-state index contributed by atoms with van der Waals surface area (Å²) in [5.74, 6) is -0.970. The van der Waals surface area contributed by atoms with Crippen LogP contribution in [-0.4, -0.2) is 42.5 Å². The first-order chi connectivity index (χ1) is 9.51. The fourth-order valence-corrected chi connectivity index (χ4v) is 3.02. The van der Waals surface area contributed by atoms with Crippen molar-refractivity contribution in [3.05, 3.63) is 0 Å². The Bertz CT molecular complexity index is 314. The molecule has 1 unspecified atom stereocenters. The molecule has 116 valence electrons. The number of rotatable bonds is 7. The first-order valence-electron chi connectivity index (χ1n) is 7.62. The SMILES string of the molecule is CN[C@@H](C(C=O)[C@@H](C)O)[C@@H](C)C(=O)NC1CCCCC1. The zero-order valence-corrected chi connectivity index (χ0v) is 12.8. The van der Waals surface area contributed by atoms with E-state index in [1.807, 2.05) is 0 Å². The Labute approximate surface area is 121 Å². The number of amides is 1. The van der Waals surface area contributed by atoms with E-state index in [0.29, 0.717) is 0 Å². The van der Waals surface area contributed by atoms with Crippen LogP contribution in [0, 0.1) is 11.8 Å². The molecule has 3 N–H and O–H groups in total. The molecule has 1 fully saturated rings. The molecule has 0 saturated heterocycles. The van der Waals surface area contributed by atoms with E-state index in [-0.39, 0.29) is 23.9 Å². The van der Waals surface area contributed by atoms with E-state index < -0.39 is 12.0 Å². The third-order valence-electron chi connectivity index (χ3n) is 4.37. The Morgan fingerprint density at radius 3 is 2.30 bits per heavy atom. The van der Waals surface area contributed by atoms with Crippen LogP contribution in [-0.2, 0) is 9.59 Å². The van der Waals surface area contributed by atoms with Crippen LogP contribution in [0.4, 0.5) is 0 Å². The molecule has 0 aromatic carbocycles. The molecule has 5 nitrogen and oxygen atoms in total. The third kappa shape index (κ3) is 4.56. The molecule has 0 aliphatic heterocycles. The lowest BCUT2D eigenvalue weighted by molar-refractivity contribution is -0.128. The van der Waals surface area contributed by atoms with Crippen molar-refractivity contribution >= 4 is 12.2 Å². The van der Waals surface area contributed by atoms with Crippen LogP contribution in [0.5, 0.6) is 0 Å². The Morgan fingerprint density at radius 2 is 1.85 bits per heavy atom. The number of nitrogens with one attached hydrogen (secondary N) is 2. The van der Waals surface area contributed by atoms with E-state index >= 15 is 0 Å². The molecule has 1 aliphatic carbocycles. The second-order valence-corrected chi connectivity index (χ2v) is 5.90. The van der Waals surface area contributed by atoms with E-state index in [1.165, 1.54) is 19.3 Å². The average molecular weight is 284 g/mol. The zero-order valence-electron chi connectivity index (χ0n) is 12.8. The lowest BCUT2D eigenvalue weighted by Gasteiger charge is -2.31. The molecule has 1 aliphatic rings. The van der Waals surface area contributed by atoms with Gasteiger partial charge in [0.2, 0.25) is 5.91 Å². The minimum Gasteiger partial charge on any atom is -0.393 e. The third-order valence-corrected chi connectivity index (χ3v) is 4.37. The van der Waals surface area contributed by atoms with Crippen LogP contribution in [0.1, 0.15) is 46.0 Å². The molecule has 1 amide bonds. The van der Waals surface area contributed by atoms with E-state index in [2.05, 4.69) is 10.6 Å². The van der Waals surface area contributed by atoms with Crippen molar-refractivity contribution in [2.24, 2.45) is 11.8 Å². The molecular weight excluding hydrogens is 256 g/mol. The largest absolute Gasteiger partial charge is 0.393 e. The van der Waals surface area contributed by atoms with E-state index in [9.17, 15) is 14.7 Å². The Kier molecular flexibility index (Phi) is 7.16. The van der Waals surface area contributed by atoms with Gasteiger partial charge in [-0.25, -0.2) is 0 Å². The number of aliphatic hydroxyl groups is 1. The molecule has 1 saturated carbocycles. The predicted octanol–water partition coefficient (Wildman–Crippen LogP) is 0.855. The maximum Gasteiger partial charge on any atom is 0.224 e. The highest BCUT2D eigenvalue weighted by Crippen LogP contribution is 2.20. The van der Waals surface area contributed by atoms with Crippen molar-refractivity contribution in [1.29, 1.82) is 0 Å². The number of hydrogen-bond donors (Lipinski definition) is 3. The quantitative estimate of drug-likeness (QED) is 0.606. The second-order valence-electron chi connectivity index (χ2n) is 5.90. The number of aldehydes is 1. The Hall–Kier alpha value is -0.940. The molecule has 0 heterocycles. The topological polar surface area (TPSA) is 78.4 Å². The lowest BCUT2D eigenvalue weighted by atomic mass is 9.86. The minimum atomic E-state index is -0.769. The van der Waals surface area contributed by atoms with Crippen molar-refractivity contribution in [2.45, 2.75) is 64.1 Å². The summed E-state index contributed by atoms with van der Waals surface area (Å²) in [4.78, 5) is 23.4. The van der Waals surface area contributed by atoms with Crippen LogP contribution in [0.25, 0.3) is 0 Å². The smallest absolute Gasteiger partial charge is 0.224 e. The normalized spacial score (nSPS) is 22.6. The van der Waals surface area contributed by atoms with Gasteiger partial charge in [-0.05, 0) is 26.8 Å². The Morgan fingerprint density at radius 1 is 1.25 bits per heavy atom. The zero-order chi connectivity index (χ0) is 15.1. The lowest BCUT2D eigenvalue weighted by Crippen LogP contribution is -2.51. The summed E-state index contributed by atoms with van der Waals surface area (Å²) in [5.41, 5.74) is 0. The van der Waals surface area contributed by atoms with Crippen LogP contribution < -0.4 is 10.6 Å². The van der Waals surface area contributed by atoms with E-state index in [4.69, 9.17) is 0 Å². The Balaban J connectivity index is 2.61. The summed E-state index contributed by atoms with van der Waals surface area (Å²) in [6.45, 7) is 3.38. The van der Waals surface area contributed by atoms with Gasteiger partial charge in [-0.2, -0.15) is 0 Å². The summed E-state index contributed by atoms with van der Waals surface area (Å²) in [7, 11) is 1.72. The van der Waals surface area contributed by atoms with Crippen LogP contribution in [0.2, 0.25) is 0 Å². The van der Waals surface area contributed by atoms with Gasteiger partial charge in [0.1, 0.15) is 6.29 Å². The first kappa shape index (κ1) is 17.1. The fraction of sp³-hybridized carbons (Fsp3) is 0.867. The number of carbonyl (C=O) groups is 2. The molecule has 5 heteroatoms. The van der Waals surface area contributed by atoms with E-state index in [0.717, 1.165) is 19.1 Å². The summed E-state index contributed by atoms with van der Waals surface area (Å²) in [6.07, 6.45) is 5.62. The van der Waals surface area contributed by atoms with Gasteiger partial charge in [-0.3, -0.25) is 4.79 Å². The number of aliphatic hydroxyl groups excluding tert-OH is 1. The molecule has 0 aromatic heterocycles. The van der Waals surface area contributed by atoms with Gasteiger partial charge in [-0.15, -0.1) is 0 Å². The molecular formula is C15H28N2O3. The highest BCUT2D eigenvalue weighted by molar-refractivity contribution is 5.80. The first-order valence-corrected chi connectivity index (χ1v) is 7.62. The van der Waals surface area contributed by atoms with Crippen molar-refractivity contribution in [1.82, 2.24) is 10.6 Å². The molecule has 1 rings (SSSR count). The van der Waals surface area contributed by atoms with Gasteiger partial charge in [0.15, 0.2) is 0 Å². The van der Waals surface area contributed by atoms with Gasteiger partial charge in [-0.1, -0.05) is 26.2 Å². The van der Waals surface area contributed by atoms with Crippen LogP contribution in [0.15, 0.2) is 0 Å². The number of carbonyl (C=O) groups excluding carboxylic acids is 2. The maximum absolute atomic E-state index is 12.3. The summed E-state index contributed by atoms with van der Waals surface area (Å²) >= 11 is 0. The molecule has 0 spiro atoms. The van der Waals surface area contributed by atoms with Crippen molar-refractivity contribution in [3.8, 4) is 0 Å². The standard InChI is InChI=1S/C15H28N2O3/c1-10(14(16-3)13(9-18)11(2)19)15(20)17-12-7-5-4-6-8-12/h9-14,16,19H,4-8H2,1-3H3,(H,17,20)/t10-,11-,13?,14-/m1/s1. The highest BCUT2D eigenvalue weighted by Gasteiger charge is 2.33. The van der Waals surface area contributed by atoms with Crippen molar-refractivity contribution < 1.29 is 14.7 Å². The van der Waals surface area contributed by atoms with Gasteiger partial charge >= 0.3 is 0 Å². The summed E-state index contributed by atoms with van der Waals surface area (Å²) in [5, 5.41) is 15.7. The van der Waals surface area contributed by atoms with Gasteiger partial charge in [0.05, 0.1) is 17.9 Å². The molecule has 4 atom stereocenters. The minimum absolute atomic E-state index is 0.0382.